The lowest BCUT2D eigenvalue weighted by atomic mass is 10.1. The van der Waals surface area contributed by atoms with Gasteiger partial charge in [-0.25, -0.2) is 4.98 Å². The van der Waals surface area contributed by atoms with E-state index in [9.17, 15) is 4.79 Å². The third-order valence-corrected chi connectivity index (χ3v) is 3.11. The normalized spacial score (nSPS) is 10.5. The Labute approximate surface area is 125 Å². The number of carbonyl (C=O) groups excluding carboxylic acids is 1. The van der Waals surface area contributed by atoms with Crippen LogP contribution < -0.4 is 10.6 Å². The summed E-state index contributed by atoms with van der Waals surface area (Å²) in [6.45, 7) is 8.05. The molecule has 0 aliphatic carbocycles. The van der Waals surface area contributed by atoms with Gasteiger partial charge in [0.1, 0.15) is 5.82 Å². The molecule has 21 heavy (non-hydrogen) atoms. The molecule has 0 radical (unpaired) electrons. The molecule has 4 nitrogen and oxygen atoms in total. The van der Waals surface area contributed by atoms with E-state index in [-0.39, 0.29) is 11.9 Å². The lowest BCUT2D eigenvalue weighted by Crippen LogP contribution is -2.19. The third-order valence-electron chi connectivity index (χ3n) is 3.11. The van der Waals surface area contributed by atoms with E-state index in [2.05, 4.69) is 15.6 Å². The predicted molar refractivity (Wildman–Crippen MR) is 86.9 cm³/mol. The minimum absolute atomic E-state index is 0.154. The molecule has 1 amide bonds. The molecule has 2 N–H and O–H groups in total. The second kappa shape index (κ2) is 6.39. The van der Waals surface area contributed by atoms with Crippen molar-refractivity contribution < 1.29 is 4.79 Å². The van der Waals surface area contributed by atoms with Crippen LogP contribution >= 0.6 is 0 Å². The molecule has 1 heterocycles. The highest BCUT2D eigenvalue weighted by Crippen LogP contribution is 2.19. The number of benzene rings is 1. The Balaban J connectivity index is 2.24. The van der Waals surface area contributed by atoms with E-state index >= 15 is 0 Å². The largest absolute Gasteiger partial charge is 0.367 e. The maximum atomic E-state index is 12.5. The number of anilines is 2. The van der Waals surface area contributed by atoms with Gasteiger partial charge in [0.05, 0.1) is 5.56 Å². The topological polar surface area (TPSA) is 54.0 Å². The summed E-state index contributed by atoms with van der Waals surface area (Å²) in [5.41, 5.74) is 3.59. The average Bonchev–Trinajstić information content (AvgIpc) is 2.42. The molecular weight excluding hydrogens is 262 g/mol. The summed E-state index contributed by atoms with van der Waals surface area (Å²) in [5, 5.41) is 6.14. The highest BCUT2D eigenvalue weighted by atomic mass is 16.1. The van der Waals surface area contributed by atoms with Crippen LogP contribution in [0.25, 0.3) is 0 Å². The molecule has 0 aliphatic rings. The molecule has 0 aliphatic heterocycles. The molecule has 1 aromatic heterocycles. The van der Waals surface area contributed by atoms with Gasteiger partial charge in [0, 0.05) is 17.9 Å². The number of pyridine rings is 1. The summed E-state index contributed by atoms with van der Waals surface area (Å²) < 4.78 is 0. The summed E-state index contributed by atoms with van der Waals surface area (Å²) in [6.07, 6.45) is 1.68. The Bertz CT molecular complexity index is 650. The molecule has 0 saturated carbocycles. The first-order valence-corrected chi connectivity index (χ1v) is 7.07. The van der Waals surface area contributed by atoms with Crippen LogP contribution in [0.2, 0.25) is 0 Å². The second-order valence-electron chi connectivity index (χ2n) is 5.47. The fraction of sp³-hybridized carbons (Fsp3) is 0.294. The molecule has 0 fully saturated rings. The van der Waals surface area contributed by atoms with Crippen LogP contribution in [-0.4, -0.2) is 16.9 Å². The van der Waals surface area contributed by atoms with Gasteiger partial charge in [-0.15, -0.1) is 0 Å². The van der Waals surface area contributed by atoms with Gasteiger partial charge in [-0.3, -0.25) is 4.79 Å². The highest BCUT2D eigenvalue weighted by molar-refractivity contribution is 6.07. The fourth-order valence-electron chi connectivity index (χ4n) is 2.12. The van der Waals surface area contributed by atoms with E-state index in [1.54, 1.807) is 18.3 Å². The first-order chi connectivity index (χ1) is 9.97. The molecule has 4 heteroatoms. The quantitative estimate of drug-likeness (QED) is 0.898. The Morgan fingerprint density at radius 2 is 1.95 bits per heavy atom. The smallest absolute Gasteiger partial charge is 0.259 e. The van der Waals surface area contributed by atoms with Crippen molar-refractivity contribution in [2.24, 2.45) is 0 Å². The van der Waals surface area contributed by atoms with Crippen molar-refractivity contribution in [3.05, 3.63) is 53.2 Å². The van der Waals surface area contributed by atoms with Gasteiger partial charge in [0.2, 0.25) is 0 Å². The van der Waals surface area contributed by atoms with Crippen LogP contribution in [0, 0.1) is 13.8 Å². The van der Waals surface area contributed by atoms with Crippen LogP contribution in [0.1, 0.15) is 35.3 Å². The van der Waals surface area contributed by atoms with E-state index in [0.717, 1.165) is 11.3 Å². The number of rotatable bonds is 4. The number of aromatic nitrogens is 1. The molecule has 0 spiro atoms. The molecular formula is C17H21N3O. The molecule has 1 aromatic carbocycles. The first-order valence-electron chi connectivity index (χ1n) is 7.07. The number of aryl methyl sites for hydroxylation is 2. The zero-order valence-electron chi connectivity index (χ0n) is 12.9. The van der Waals surface area contributed by atoms with Crippen LogP contribution in [0.4, 0.5) is 11.5 Å². The summed E-state index contributed by atoms with van der Waals surface area (Å²) in [4.78, 5) is 16.7. The number of nitrogens with one attached hydrogen (secondary N) is 2. The lowest BCUT2D eigenvalue weighted by Gasteiger charge is -2.14. The summed E-state index contributed by atoms with van der Waals surface area (Å²) in [6, 6.07) is 9.71. The molecule has 2 rings (SSSR count). The molecule has 0 unspecified atom stereocenters. The molecule has 0 bridgehead atoms. The first kappa shape index (κ1) is 15.0. The van der Waals surface area contributed by atoms with Crippen LogP contribution in [0.3, 0.4) is 0 Å². The zero-order valence-corrected chi connectivity index (χ0v) is 12.9. The lowest BCUT2D eigenvalue weighted by molar-refractivity contribution is 0.102. The molecule has 110 valence electrons. The minimum atomic E-state index is -0.154. The highest BCUT2D eigenvalue weighted by Gasteiger charge is 2.13. The Morgan fingerprint density at radius 1 is 1.19 bits per heavy atom. The SMILES string of the molecule is Cc1ccc(NC(=O)c2cccnc2NC(C)C)c(C)c1. The average molecular weight is 283 g/mol. The van der Waals surface area contributed by atoms with Crippen molar-refractivity contribution in [3.63, 3.8) is 0 Å². The van der Waals surface area contributed by atoms with Gasteiger partial charge in [-0.1, -0.05) is 17.7 Å². The fourth-order valence-corrected chi connectivity index (χ4v) is 2.12. The summed E-state index contributed by atoms with van der Waals surface area (Å²) in [7, 11) is 0. The second-order valence-corrected chi connectivity index (χ2v) is 5.47. The number of hydrogen-bond donors (Lipinski definition) is 2. The van der Waals surface area contributed by atoms with Gasteiger partial charge >= 0.3 is 0 Å². The van der Waals surface area contributed by atoms with Crippen molar-refractivity contribution in [1.82, 2.24) is 4.98 Å². The number of nitrogens with zero attached hydrogens (tertiary/aromatic N) is 1. The Kier molecular flexibility index (Phi) is 4.58. The summed E-state index contributed by atoms with van der Waals surface area (Å²) in [5.74, 6) is 0.452. The van der Waals surface area contributed by atoms with Crippen molar-refractivity contribution in [2.45, 2.75) is 33.7 Å². The zero-order chi connectivity index (χ0) is 15.4. The minimum Gasteiger partial charge on any atom is -0.367 e. The van der Waals surface area contributed by atoms with Crippen LogP contribution in [0.5, 0.6) is 0 Å². The van der Waals surface area contributed by atoms with Gasteiger partial charge in [-0.2, -0.15) is 0 Å². The maximum Gasteiger partial charge on any atom is 0.259 e. The summed E-state index contributed by atoms with van der Waals surface area (Å²) >= 11 is 0. The Hall–Kier alpha value is -2.36. The van der Waals surface area contributed by atoms with Crippen molar-refractivity contribution in [1.29, 1.82) is 0 Å². The van der Waals surface area contributed by atoms with Crippen molar-refractivity contribution in [2.75, 3.05) is 10.6 Å². The monoisotopic (exact) mass is 283 g/mol. The Morgan fingerprint density at radius 3 is 2.62 bits per heavy atom. The standard InChI is InChI=1S/C17H21N3O/c1-11(2)19-16-14(6-5-9-18-16)17(21)20-15-8-7-12(3)10-13(15)4/h5-11H,1-4H3,(H,18,19)(H,20,21). The van der Waals surface area contributed by atoms with Gasteiger partial charge < -0.3 is 10.6 Å². The van der Waals surface area contributed by atoms with E-state index in [1.807, 2.05) is 45.9 Å². The van der Waals surface area contributed by atoms with Gasteiger partial charge in [0.15, 0.2) is 0 Å². The van der Waals surface area contributed by atoms with E-state index in [0.29, 0.717) is 11.4 Å². The van der Waals surface area contributed by atoms with Crippen LogP contribution in [0.15, 0.2) is 36.5 Å². The van der Waals surface area contributed by atoms with E-state index < -0.39 is 0 Å². The third kappa shape index (κ3) is 3.81. The van der Waals surface area contributed by atoms with Crippen molar-refractivity contribution in [3.8, 4) is 0 Å². The molecule has 0 atom stereocenters. The molecule has 0 saturated heterocycles. The van der Waals surface area contributed by atoms with Gasteiger partial charge in [0.25, 0.3) is 5.91 Å². The predicted octanol–water partition coefficient (Wildman–Crippen LogP) is 3.77. The number of carbonyl (C=O) groups is 1. The number of amides is 1. The molecule has 2 aromatic rings. The van der Waals surface area contributed by atoms with Crippen molar-refractivity contribution >= 4 is 17.4 Å². The van der Waals surface area contributed by atoms with E-state index in [4.69, 9.17) is 0 Å². The maximum absolute atomic E-state index is 12.5. The number of hydrogen-bond acceptors (Lipinski definition) is 3. The van der Waals surface area contributed by atoms with Gasteiger partial charge in [-0.05, 0) is 51.5 Å². The van der Waals surface area contributed by atoms with E-state index in [1.165, 1.54) is 5.56 Å². The van der Waals surface area contributed by atoms with Crippen LogP contribution in [-0.2, 0) is 0 Å².